The number of benzene rings is 2. The number of aliphatic imine (C=N–C) groups is 1. The van der Waals surface area contributed by atoms with Gasteiger partial charge in [0, 0.05) is 6.21 Å². The molecular weight excluding hydrogens is 310 g/mol. The highest BCUT2D eigenvalue weighted by atomic mass is 35.5. The molecule has 0 saturated carbocycles. The lowest BCUT2D eigenvalue weighted by atomic mass is 10.1. The molecule has 0 heterocycles. The third-order valence-corrected chi connectivity index (χ3v) is 3.69. The number of terminal acetylenes is 1. The van der Waals surface area contributed by atoms with Gasteiger partial charge in [0.25, 0.3) is 0 Å². The Morgan fingerprint density at radius 1 is 1.22 bits per heavy atom. The smallest absolute Gasteiger partial charge is 0.181 e. The summed E-state index contributed by atoms with van der Waals surface area (Å²) in [4.78, 5) is 4.47. The molecule has 0 unspecified atom stereocenters. The Morgan fingerprint density at radius 3 is 2.65 bits per heavy atom. The maximum Gasteiger partial charge on any atom is 0.181 e. The van der Waals surface area contributed by atoms with Gasteiger partial charge in [0.1, 0.15) is 6.61 Å². The van der Waals surface area contributed by atoms with Gasteiger partial charge in [-0.15, -0.1) is 6.42 Å². The summed E-state index contributed by atoms with van der Waals surface area (Å²) in [5, 5.41) is 0.432. The summed E-state index contributed by atoms with van der Waals surface area (Å²) in [5.74, 6) is 3.37. The zero-order valence-electron chi connectivity index (χ0n) is 13.4. The molecule has 0 N–H and O–H groups in total. The van der Waals surface area contributed by atoms with Gasteiger partial charge in [-0.3, -0.25) is 4.99 Å². The largest absolute Gasteiger partial charge is 0.493 e. The van der Waals surface area contributed by atoms with Gasteiger partial charge >= 0.3 is 0 Å². The maximum atomic E-state index is 6.24. The van der Waals surface area contributed by atoms with Gasteiger partial charge in [0.05, 0.1) is 17.8 Å². The highest BCUT2D eigenvalue weighted by Crippen LogP contribution is 2.36. The number of hydrogen-bond acceptors (Lipinski definition) is 3. The zero-order valence-corrected chi connectivity index (χ0v) is 14.1. The van der Waals surface area contributed by atoms with E-state index in [2.05, 4.69) is 24.8 Å². The van der Waals surface area contributed by atoms with E-state index in [0.717, 1.165) is 11.3 Å². The van der Waals surface area contributed by atoms with Crippen LogP contribution in [0.2, 0.25) is 5.02 Å². The molecule has 4 heteroatoms. The van der Waals surface area contributed by atoms with Gasteiger partial charge in [-0.25, -0.2) is 0 Å². The van der Waals surface area contributed by atoms with E-state index < -0.39 is 0 Å². The average molecular weight is 328 g/mol. The van der Waals surface area contributed by atoms with Crippen molar-refractivity contribution >= 4 is 23.5 Å². The lowest BCUT2D eigenvalue weighted by Gasteiger charge is -2.11. The summed E-state index contributed by atoms with van der Waals surface area (Å²) in [7, 11) is 1.55. The van der Waals surface area contributed by atoms with E-state index in [1.54, 1.807) is 19.4 Å². The summed E-state index contributed by atoms with van der Waals surface area (Å²) in [6, 6.07) is 9.63. The van der Waals surface area contributed by atoms with E-state index in [-0.39, 0.29) is 6.61 Å². The highest BCUT2D eigenvalue weighted by Gasteiger charge is 2.11. The first-order chi connectivity index (χ1) is 11.0. The number of hydrogen-bond donors (Lipinski definition) is 0. The van der Waals surface area contributed by atoms with Crippen molar-refractivity contribution < 1.29 is 9.47 Å². The number of ether oxygens (including phenoxy) is 2. The molecule has 0 aliphatic carbocycles. The lowest BCUT2D eigenvalue weighted by Crippen LogP contribution is -1.98. The number of aryl methyl sites for hydroxylation is 2. The predicted molar refractivity (Wildman–Crippen MR) is 95.5 cm³/mol. The maximum absolute atomic E-state index is 6.24. The van der Waals surface area contributed by atoms with Crippen molar-refractivity contribution in [2.24, 2.45) is 4.99 Å². The van der Waals surface area contributed by atoms with Crippen molar-refractivity contribution in [3.05, 3.63) is 52.0 Å². The first-order valence-electron chi connectivity index (χ1n) is 7.10. The molecule has 0 saturated heterocycles. The minimum Gasteiger partial charge on any atom is -0.493 e. The van der Waals surface area contributed by atoms with E-state index in [1.165, 1.54) is 11.1 Å². The second-order valence-electron chi connectivity index (χ2n) is 5.05. The molecule has 0 fully saturated rings. The Kier molecular flexibility index (Phi) is 5.67. The molecule has 2 rings (SSSR count). The van der Waals surface area contributed by atoms with Gasteiger partial charge in [-0.2, -0.15) is 0 Å². The highest BCUT2D eigenvalue weighted by molar-refractivity contribution is 6.32. The minimum atomic E-state index is 0.131. The number of nitrogens with zero attached hydrogens (tertiary/aromatic N) is 1. The van der Waals surface area contributed by atoms with E-state index in [4.69, 9.17) is 27.5 Å². The van der Waals surface area contributed by atoms with Crippen molar-refractivity contribution in [3.63, 3.8) is 0 Å². The summed E-state index contributed by atoms with van der Waals surface area (Å²) in [6.45, 7) is 4.26. The van der Waals surface area contributed by atoms with Crippen LogP contribution in [0.15, 0.2) is 35.3 Å². The van der Waals surface area contributed by atoms with E-state index >= 15 is 0 Å². The fourth-order valence-corrected chi connectivity index (χ4v) is 2.30. The van der Waals surface area contributed by atoms with E-state index in [0.29, 0.717) is 16.5 Å². The molecule has 3 nitrogen and oxygen atoms in total. The predicted octanol–water partition coefficient (Wildman–Crippen LogP) is 4.73. The van der Waals surface area contributed by atoms with Gasteiger partial charge in [0.15, 0.2) is 11.5 Å². The molecule has 2 aromatic rings. The third-order valence-electron chi connectivity index (χ3n) is 3.40. The van der Waals surface area contributed by atoms with Crippen molar-refractivity contribution in [3.8, 4) is 23.8 Å². The van der Waals surface area contributed by atoms with Crippen LogP contribution >= 0.6 is 11.6 Å². The SMILES string of the molecule is C#CCOc1c(Cl)cc(C=Nc2ccc(C)c(C)c2)cc1OC. The van der Waals surface area contributed by atoms with Crippen LogP contribution in [0, 0.1) is 26.2 Å². The number of halogens is 1. The topological polar surface area (TPSA) is 30.8 Å². The van der Waals surface area contributed by atoms with Crippen LogP contribution in [0.1, 0.15) is 16.7 Å². The van der Waals surface area contributed by atoms with Crippen molar-refractivity contribution in [2.45, 2.75) is 13.8 Å². The van der Waals surface area contributed by atoms with Gasteiger partial charge < -0.3 is 9.47 Å². The summed E-state index contributed by atoms with van der Waals surface area (Å²) < 4.78 is 10.7. The number of rotatable bonds is 5. The quantitative estimate of drug-likeness (QED) is 0.587. The third kappa shape index (κ3) is 4.28. The fourth-order valence-electron chi connectivity index (χ4n) is 2.02. The Balaban J connectivity index is 2.29. The van der Waals surface area contributed by atoms with Crippen LogP contribution in [-0.2, 0) is 0 Å². The summed E-state index contributed by atoms with van der Waals surface area (Å²) >= 11 is 6.24. The Bertz CT molecular complexity index is 776. The van der Waals surface area contributed by atoms with Crippen LogP contribution in [0.25, 0.3) is 0 Å². The Labute approximate surface area is 141 Å². The van der Waals surface area contributed by atoms with E-state index in [1.807, 2.05) is 24.3 Å². The lowest BCUT2D eigenvalue weighted by molar-refractivity contribution is 0.331. The Hall–Kier alpha value is -2.44. The summed E-state index contributed by atoms with van der Waals surface area (Å²) in [6.07, 6.45) is 6.94. The molecule has 0 spiro atoms. The Morgan fingerprint density at radius 2 is 2.00 bits per heavy atom. The summed E-state index contributed by atoms with van der Waals surface area (Å²) in [5.41, 5.74) is 4.14. The molecule has 0 amide bonds. The van der Waals surface area contributed by atoms with Crippen LogP contribution in [0.5, 0.6) is 11.5 Å². The molecule has 0 atom stereocenters. The molecule has 2 aromatic carbocycles. The van der Waals surface area contributed by atoms with Gasteiger partial charge in [0.2, 0.25) is 0 Å². The van der Waals surface area contributed by atoms with Crippen molar-refractivity contribution in [1.82, 2.24) is 0 Å². The molecule has 0 radical (unpaired) electrons. The molecular formula is C19H18ClNO2. The van der Waals surface area contributed by atoms with Crippen molar-refractivity contribution in [2.75, 3.05) is 13.7 Å². The molecule has 0 bridgehead atoms. The molecule has 0 aliphatic heterocycles. The fraction of sp³-hybridized carbons (Fsp3) is 0.211. The molecule has 23 heavy (non-hydrogen) atoms. The first kappa shape index (κ1) is 16.9. The molecule has 0 aliphatic rings. The van der Waals surface area contributed by atoms with Crippen LogP contribution in [0.4, 0.5) is 5.69 Å². The minimum absolute atomic E-state index is 0.131. The first-order valence-corrected chi connectivity index (χ1v) is 7.48. The van der Waals surface area contributed by atoms with Crippen LogP contribution in [-0.4, -0.2) is 19.9 Å². The van der Waals surface area contributed by atoms with Crippen LogP contribution < -0.4 is 9.47 Å². The number of methoxy groups -OCH3 is 1. The average Bonchev–Trinajstić information content (AvgIpc) is 2.54. The second-order valence-corrected chi connectivity index (χ2v) is 5.46. The molecule has 0 aromatic heterocycles. The standard InChI is InChI=1S/C19H18ClNO2/c1-5-8-23-19-17(20)10-15(11-18(19)22-4)12-21-16-7-6-13(2)14(3)9-16/h1,6-7,9-12H,8H2,2-4H3. The van der Waals surface area contributed by atoms with Gasteiger partial charge in [-0.1, -0.05) is 23.6 Å². The second kappa shape index (κ2) is 7.71. The van der Waals surface area contributed by atoms with Crippen molar-refractivity contribution in [1.29, 1.82) is 0 Å². The monoisotopic (exact) mass is 327 g/mol. The normalized spacial score (nSPS) is 10.6. The molecule has 118 valence electrons. The van der Waals surface area contributed by atoms with E-state index in [9.17, 15) is 0 Å². The van der Waals surface area contributed by atoms with Gasteiger partial charge in [-0.05, 0) is 54.8 Å². The van der Waals surface area contributed by atoms with Crippen LogP contribution in [0.3, 0.4) is 0 Å². The zero-order chi connectivity index (χ0) is 16.8.